The summed E-state index contributed by atoms with van der Waals surface area (Å²) in [7, 11) is -3.98. The SMILES string of the molecule is CC(=O)NCc1ccc(S(=O)(=O)Oc2cccc(C(C)=O)c2)s1. The topological polar surface area (TPSA) is 89.5 Å². The average molecular weight is 353 g/mol. The molecule has 1 aromatic heterocycles. The third kappa shape index (κ3) is 4.64. The number of hydrogen-bond acceptors (Lipinski definition) is 6. The van der Waals surface area contributed by atoms with E-state index in [0.29, 0.717) is 10.4 Å². The van der Waals surface area contributed by atoms with Crippen LogP contribution in [-0.2, 0) is 21.5 Å². The highest BCUT2D eigenvalue weighted by atomic mass is 32.3. The fourth-order valence-electron chi connectivity index (χ4n) is 1.73. The molecule has 0 atom stereocenters. The van der Waals surface area contributed by atoms with Crippen molar-refractivity contribution in [3.05, 3.63) is 46.8 Å². The zero-order chi connectivity index (χ0) is 17.0. The molecule has 1 N–H and O–H groups in total. The van der Waals surface area contributed by atoms with E-state index in [1.165, 1.54) is 32.0 Å². The van der Waals surface area contributed by atoms with Crippen molar-refractivity contribution in [2.24, 2.45) is 0 Å². The lowest BCUT2D eigenvalue weighted by molar-refractivity contribution is -0.119. The van der Waals surface area contributed by atoms with Gasteiger partial charge < -0.3 is 9.50 Å². The minimum Gasteiger partial charge on any atom is -0.378 e. The lowest BCUT2D eigenvalue weighted by atomic mass is 10.1. The number of amides is 1. The van der Waals surface area contributed by atoms with Gasteiger partial charge in [0, 0.05) is 17.4 Å². The summed E-state index contributed by atoms with van der Waals surface area (Å²) in [6, 6.07) is 9.02. The molecular weight excluding hydrogens is 338 g/mol. The summed E-state index contributed by atoms with van der Waals surface area (Å²) in [4.78, 5) is 22.9. The van der Waals surface area contributed by atoms with Crippen molar-refractivity contribution >= 4 is 33.1 Å². The number of thiophene rings is 1. The Kier molecular flexibility index (Phi) is 5.17. The minimum absolute atomic E-state index is 0.0334. The monoisotopic (exact) mass is 353 g/mol. The average Bonchev–Trinajstić information content (AvgIpc) is 2.94. The molecule has 1 amide bonds. The molecule has 23 heavy (non-hydrogen) atoms. The molecule has 0 spiro atoms. The number of Topliss-reactive ketones (excluding diaryl/α,β-unsaturated/α-hetero) is 1. The van der Waals surface area contributed by atoms with Gasteiger partial charge >= 0.3 is 10.1 Å². The standard InChI is InChI=1S/C15H15NO5S2/c1-10(17)12-4-3-5-13(8-12)21-23(19,20)15-7-6-14(22-15)9-16-11(2)18/h3-8H,9H2,1-2H3,(H,16,18). The van der Waals surface area contributed by atoms with Gasteiger partial charge in [0.05, 0.1) is 6.54 Å². The summed E-state index contributed by atoms with van der Waals surface area (Å²) in [5.41, 5.74) is 0.371. The lowest BCUT2D eigenvalue weighted by Gasteiger charge is -2.06. The first kappa shape index (κ1) is 17.2. The second-order valence-electron chi connectivity index (χ2n) is 4.75. The number of benzene rings is 1. The molecule has 6 nitrogen and oxygen atoms in total. The van der Waals surface area contributed by atoms with Crippen molar-refractivity contribution < 1.29 is 22.2 Å². The minimum atomic E-state index is -3.98. The Bertz CT molecular complexity index is 839. The van der Waals surface area contributed by atoms with E-state index in [9.17, 15) is 18.0 Å². The van der Waals surface area contributed by atoms with Crippen LogP contribution in [0.2, 0.25) is 0 Å². The van der Waals surface area contributed by atoms with Gasteiger partial charge in [0.15, 0.2) is 9.99 Å². The second kappa shape index (κ2) is 6.93. The van der Waals surface area contributed by atoms with Gasteiger partial charge in [-0.1, -0.05) is 12.1 Å². The maximum Gasteiger partial charge on any atom is 0.348 e. The molecular formula is C15H15NO5S2. The van der Waals surface area contributed by atoms with E-state index in [-0.39, 0.29) is 28.2 Å². The first-order valence-electron chi connectivity index (χ1n) is 6.66. The zero-order valence-electron chi connectivity index (χ0n) is 12.5. The first-order chi connectivity index (χ1) is 10.8. The molecule has 0 saturated heterocycles. The van der Waals surface area contributed by atoms with Gasteiger partial charge in [-0.25, -0.2) is 0 Å². The van der Waals surface area contributed by atoms with Gasteiger partial charge in [0.1, 0.15) is 5.75 Å². The Morgan fingerprint density at radius 3 is 2.57 bits per heavy atom. The fraction of sp³-hybridized carbons (Fsp3) is 0.200. The number of hydrogen-bond donors (Lipinski definition) is 1. The molecule has 0 bridgehead atoms. The lowest BCUT2D eigenvalue weighted by Crippen LogP contribution is -2.18. The van der Waals surface area contributed by atoms with Gasteiger partial charge in [-0.15, -0.1) is 11.3 Å². The van der Waals surface area contributed by atoms with E-state index in [1.54, 1.807) is 18.2 Å². The Morgan fingerprint density at radius 1 is 1.17 bits per heavy atom. The van der Waals surface area contributed by atoms with Crippen LogP contribution in [0.3, 0.4) is 0 Å². The van der Waals surface area contributed by atoms with Crippen LogP contribution in [0.5, 0.6) is 5.75 Å². The van der Waals surface area contributed by atoms with E-state index >= 15 is 0 Å². The van der Waals surface area contributed by atoms with Crippen LogP contribution in [0.4, 0.5) is 0 Å². The van der Waals surface area contributed by atoms with Crippen molar-refractivity contribution in [3.63, 3.8) is 0 Å². The van der Waals surface area contributed by atoms with Crippen LogP contribution in [0.25, 0.3) is 0 Å². The highest BCUT2D eigenvalue weighted by molar-refractivity contribution is 7.89. The Labute approximate surface area is 138 Å². The number of nitrogens with one attached hydrogen (secondary N) is 1. The molecule has 0 unspecified atom stereocenters. The van der Waals surface area contributed by atoms with Crippen LogP contribution in [0.15, 0.2) is 40.6 Å². The number of carbonyl (C=O) groups is 2. The van der Waals surface area contributed by atoms with Gasteiger partial charge in [-0.05, 0) is 31.2 Å². The molecule has 122 valence electrons. The molecule has 0 aliphatic carbocycles. The summed E-state index contributed by atoms with van der Waals surface area (Å²) in [6.07, 6.45) is 0. The molecule has 0 fully saturated rings. The van der Waals surface area contributed by atoms with Crippen LogP contribution < -0.4 is 9.50 Å². The quantitative estimate of drug-likeness (QED) is 0.636. The van der Waals surface area contributed by atoms with E-state index in [2.05, 4.69) is 5.32 Å². The van der Waals surface area contributed by atoms with E-state index in [1.807, 2.05) is 0 Å². The largest absolute Gasteiger partial charge is 0.378 e. The van der Waals surface area contributed by atoms with Crippen LogP contribution in [-0.4, -0.2) is 20.1 Å². The van der Waals surface area contributed by atoms with Crippen LogP contribution in [0, 0.1) is 0 Å². The predicted molar refractivity (Wildman–Crippen MR) is 86.1 cm³/mol. The summed E-state index contributed by atoms with van der Waals surface area (Å²) >= 11 is 1.02. The Hall–Kier alpha value is -2.19. The molecule has 0 radical (unpaired) electrons. The van der Waals surface area contributed by atoms with Gasteiger partial charge in [0.2, 0.25) is 5.91 Å². The summed E-state index contributed by atoms with van der Waals surface area (Å²) in [6.45, 7) is 3.03. The summed E-state index contributed by atoms with van der Waals surface area (Å²) < 4.78 is 29.6. The van der Waals surface area contributed by atoms with Crippen molar-refractivity contribution in [1.82, 2.24) is 5.32 Å². The normalized spacial score (nSPS) is 11.0. The maximum atomic E-state index is 12.3. The van der Waals surface area contributed by atoms with Crippen molar-refractivity contribution in [2.45, 2.75) is 24.6 Å². The molecule has 0 aliphatic rings. The maximum absolute atomic E-state index is 12.3. The zero-order valence-corrected chi connectivity index (χ0v) is 14.2. The Morgan fingerprint density at radius 2 is 1.91 bits per heavy atom. The van der Waals surface area contributed by atoms with Crippen LogP contribution >= 0.6 is 11.3 Å². The molecule has 8 heteroatoms. The number of rotatable bonds is 6. The van der Waals surface area contributed by atoms with Gasteiger partial charge in [-0.2, -0.15) is 8.42 Å². The molecule has 1 heterocycles. The van der Waals surface area contributed by atoms with E-state index < -0.39 is 10.1 Å². The van der Waals surface area contributed by atoms with Crippen LogP contribution in [0.1, 0.15) is 29.1 Å². The van der Waals surface area contributed by atoms with Gasteiger partial charge in [-0.3, -0.25) is 9.59 Å². The number of ketones is 1. The first-order valence-corrected chi connectivity index (χ1v) is 8.89. The third-order valence-corrected chi connectivity index (χ3v) is 5.62. The van der Waals surface area contributed by atoms with Gasteiger partial charge in [0.25, 0.3) is 0 Å². The highest BCUT2D eigenvalue weighted by Gasteiger charge is 2.20. The third-order valence-electron chi connectivity index (χ3n) is 2.84. The molecule has 0 saturated carbocycles. The molecule has 2 aromatic rings. The molecule has 0 aliphatic heterocycles. The van der Waals surface area contributed by atoms with Crippen molar-refractivity contribution in [2.75, 3.05) is 0 Å². The second-order valence-corrected chi connectivity index (χ2v) is 7.69. The Balaban J connectivity index is 2.17. The van der Waals surface area contributed by atoms with Crippen molar-refractivity contribution in [3.8, 4) is 5.75 Å². The number of carbonyl (C=O) groups excluding carboxylic acids is 2. The van der Waals surface area contributed by atoms with E-state index in [0.717, 1.165) is 11.3 Å². The highest BCUT2D eigenvalue weighted by Crippen LogP contribution is 2.25. The van der Waals surface area contributed by atoms with E-state index in [4.69, 9.17) is 4.18 Å². The summed E-state index contributed by atoms with van der Waals surface area (Å²) in [5.74, 6) is -0.295. The summed E-state index contributed by atoms with van der Waals surface area (Å²) in [5, 5.41) is 2.59. The fourth-order valence-corrected chi connectivity index (χ4v) is 3.91. The predicted octanol–water partition coefficient (Wildman–Crippen LogP) is 2.35. The molecule has 2 rings (SSSR count). The smallest absolute Gasteiger partial charge is 0.348 e. The van der Waals surface area contributed by atoms with Crippen molar-refractivity contribution in [1.29, 1.82) is 0 Å². The molecule has 1 aromatic carbocycles.